The number of pyridine rings is 2. The van der Waals surface area contributed by atoms with E-state index in [0.717, 1.165) is 10.9 Å². The van der Waals surface area contributed by atoms with E-state index >= 15 is 0 Å². The van der Waals surface area contributed by atoms with Crippen LogP contribution in [0.3, 0.4) is 0 Å². The molecule has 3 aromatic rings. The number of nitrogens with zero attached hydrogens (tertiary/aromatic N) is 2. The second-order valence-electron chi connectivity index (χ2n) is 4.20. The van der Waals surface area contributed by atoms with Gasteiger partial charge in [0.05, 0.1) is 17.3 Å². The molecule has 0 aliphatic heterocycles. The van der Waals surface area contributed by atoms with Crippen LogP contribution >= 0.6 is 12.2 Å². The smallest absolute Gasteiger partial charge is 0.155 e. The number of benzene rings is 1. The fourth-order valence-corrected chi connectivity index (χ4v) is 2.07. The van der Waals surface area contributed by atoms with Gasteiger partial charge in [0.25, 0.3) is 0 Å². The first-order valence-electron chi connectivity index (χ1n) is 6.00. The average molecular weight is 281 g/mol. The molecule has 0 aliphatic carbocycles. The molecular formula is C15H11N3OS. The molecule has 2 aromatic heterocycles. The van der Waals surface area contributed by atoms with Crippen molar-refractivity contribution in [2.45, 2.75) is 0 Å². The highest BCUT2D eigenvalue weighted by atomic mass is 32.1. The first kappa shape index (κ1) is 12.5. The summed E-state index contributed by atoms with van der Waals surface area (Å²) in [5.74, 6) is 1.21. The molecular weight excluding hydrogens is 270 g/mol. The molecule has 0 spiro atoms. The largest absolute Gasteiger partial charge is 0.455 e. The summed E-state index contributed by atoms with van der Waals surface area (Å²) >= 11 is 5.00. The summed E-state index contributed by atoms with van der Waals surface area (Å²) < 4.78 is 5.81. The van der Waals surface area contributed by atoms with Crippen molar-refractivity contribution in [1.29, 1.82) is 0 Å². The van der Waals surface area contributed by atoms with Crippen molar-refractivity contribution in [3.63, 3.8) is 0 Å². The topological polar surface area (TPSA) is 61.0 Å². The van der Waals surface area contributed by atoms with Crippen LogP contribution in [-0.2, 0) is 0 Å². The standard InChI is InChI=1S/C15H11N3OS/c16-15(20)12-5-7-17-9-14(12)19-11-4-3-10-2-1-6-18-13(10)8-11/h1-9H,(H2,16,20). The first-order valence-corrected chi connectivity index (χ1v) is 6.41. The Balaban J connectivity index is 1.99. The van der Waals surface area contributed by atoms with E-state index in [9.17, 15) is 0 Å². The third-order valence-electron chi connectivity index (χ3n) is 2.86. The molecule has 0 saturated heterocycles. The predicted octanol–water partition coefficient (Wildman–Crippen LogP) is 3.06. The highest BCUT2D eigenvalue weighted by Gasteiger charge is 2.08. The van der Waals surface area contributed by atoms with Crippen molar-refractivity contribution in [2.75, 3.05) is 0 Å². The molecule has 4 nitrogen and oxygen atoms in total. The van der Waals surface area contributed by atoms with Gasteiger partial charge in [0.15, 0.2) is 5.75 Å². The molecule has 0 bridgehead atoms. The van der Waals surface area contributed by atoms with Crippen molar-refractivity contribution in [2.24, 2.45) is 5.73 Å². The van der Waals surface area contributed by atoms with Crippen LogP contribution in [0.1, 0.15) is 5.56 Å². The number of ether oxygens (including phenoxy) is 1. The number of nitrogens with two attached hydrogens (primary N) is 1. The molecule has 20 heavy (non-hydrogen) atoms. The lowest BCUT2D eigenvalue weighted by molar-refractivity contribution is 0.480. The van der Waals surface area contributed by atoms with E-state index in [2.05, 4.69) is 9.97 Å². The highest BCUT2D eigenvalue weighted by molar-refractivity contribution is 7.80. The summed E-state index contributed by atoms with van der Waals surface area (Å²) in [4.78, 5) is 8.60. The van der Waals surface area contributed by atoms with Gasteiger partial charge in [-0.1, -0.05) is 18.3 Å². The fraction of sp³-hybridized carbons (Fsp3) is 0. The zero-order chi connectivity index (χ0) is 13.9. The van der Waals surface area contributed by atoms with Crippen molar-refractivity contribution in [3.05, 3.63) is 60.6 Å². The van der Waals surface area contributed by atoms with Gasteiger partial charge in [-0.3, -0.25) is 9.97 Å². The number of hydrogen-bond donors (Lipinski definition) is 1. The number of rotatable bonds is 3. The van der Waals surface area contributed by atoms with E-state index < -0.39 is 0 Å². The molecule has 0 unspecified atom stereocenters. The zero-order valence-electron chi connectivity index (χ0n) is 10.5. The molecule has 5 heteroatoms. The molecule has 2 N–H and O–H groups in total. The van der Waals surface area contributed by atoms with Gasteiger partial charge in [-0.2, -0.15) is 0 Å². The number of thiocarbonyl (C=S) groups is 1. The maximum absolute atomic E-state index is 5.81. The molecule has 98 valence electrons. The van der Waals surface area contributed by atoms with Crippen LogP contribution in [0.15, 0.2) is 55.0 Å². The summed E-state index contributed by atoms with van der Waals surface area (Å²) in [7, 11) is 0. The van der Waals surface area contributed by atoms with Crippen LogP contribution in [0.2, 0.25) is 0 Å². The summed E-state index contributed by atoms with van der Waals surface area (Å²) in [6.07, 6.45) is 4.97. The Labute approximate surface area is 121 Å². The zero-order valence-corrected chi connectivity index (χ0v) is 11.3. The molecule has 0 fully saturated rings. The molecule has 0 radical (unpaired) electrons. The normalized spacial score (nSPS) is 10.4. The van der Waals surface area contributed by atoms with Gasteiger partial charge in [-0.05, 0) is 24.3 Å². The molecule has 0 atom stereocenters. The molecule has 0 saturated carbocycles. The van der Waals surface area contributed by atoms with E-state index in [4.69, 9.17) is 22.7 Å². The lowest BCUT2D eigenvalue weighted by Crippen LogP contribution is -2.10. The second kappa shape index (κ2) is 5.22. The van der Waals surface area contributed by atoms with Gasteiger partial charge < -0.3 is 10.5 Å². The summed E-state index contributed by atoms with van der Waals surface area (Å²) in [5, 5.41) is 1.06. The van der Waals surface area contributed by atoms with E-state index in [1.54, 1.807) is 24.7 Å². The minimum absolute atomic E-state index is 0.279. The van der Waals surface area contributed by atoms with Crippen molar-refractivity contribution in [1.82, 2.24) is 9.97 Å². The quantitative estimate of drug-likeness (QED) is 0.748. The molecule has 1 aromatic carbocycles. The third kappa shape index (κ3) is 2.44. The van der Waals surface area contributed by atoms with Gasteiger partial charge >= 0.3 is 0 Å². The minimum Gasteiger partial charge on any atom is -0.455 e. The van der Waals surface area contributed by atoms with E-state index in [-0.39, 0.29) is 4.99 Å². The van der Waals surface area contributed by atoms with Crippen LogP contribution in [0.4, 0.5) is 0 Å². The number of hydrogen-bond acceptors (Lipinski definition) is 4. The molecule has 3 rings (SSSR count). The van der Waals surface area contributed by atoms with Crippen LogP contribution < -0.4 is 10.5 Å². The van der Waals surface area contributed by atoms with E-state index in [1.807, 2.05) is 30.3 Å². The summed E-state index contributed by atoms with van der Waals surface area (Å²) in [5.41, 5.74) is 7.20. The Morgan fingerprint density at radius 3 is 2.90 bits per heavy atom. The van der Waals surface area contributed by atoms with Crippen LogP contribution in [0.25, 0.3) is 10.9 Å². The minimum atomic E-state index is 0.279. The predicted molar refractivity (Wildman–Crippen MR) is 81.9 cm³/mol. The van der Waals surface area contributed by atoms with Crippen molar-refractivity contribution in [3.8, 4) is 11.5 Å². The van der Waals surface area contributed by atoms with Crippen molar-refractivity contribution >= 4 is 28.1 Å². The van der Waals surface area contributed by atoms with Gasteiger partial charge in [0.1, 0.15) is 10.7 Å². The number of fused-ring (bicyclic) bond motifs is 1. The van der Waals surface area contributed by atoms with Gasteiger partial charge in [0.2, 0.25) is 0 Å². The fourth-order valence-electron chi connectivity index (χ4n) is 1.90. The maximum Gasteiger partial charge on any atom is 0.155 e. The van der Waals surface area contributed by atoms with Crippen LogP contribution in [0.5, 0.6) is 11.5 Å². The third-order valence-corrected chi connectivity index (χ3v) is 3.08. The Morgan fingerprint density at radius 2 is 2.05 bits per heavy atom. The molecule has 2 heterocycles. The first-order chi connectivity index (χ1) is 9.74. The summed E-state index contributed by atoms with van der Waals surface area (Å²) in [6.45, 7) is 0. The van der Waals surface area contributed by atoms with E-state index in [0.29, 0.717) is 17.1 Å². The number of aromatic nitrogens is 2. The second-order valence-corrected chi connectivity index (χ2v) is 4.64. The SMILES string of the molecule is NC(=S)c1ccncc1Oc1ccc2cccnc2c1. The van der Waals surface area contributed by atoms with Gasteiger partial charge in [-0.25, -0.2) is 0 Å². The Morgan fingerprint density at radius 1 is 1.15 bits per heavy atom. The lowest BCUT2D eigenvalue weighted by atomic mass is 10.2. The Hall–Kier alpha value is -2.53. The molecule has 0 amide bonds. The molecule has 0 aliphatic rings. The van der Waals surface area contributed by atoms with Crippen LogP contribution in [0, 0.1) is 0 Å². The monoisotopic (exact) mass is 281 g/mol. The van der Waals surface area contributed by atoms with Gasteiger partial charge in [0, 0.05) is 23.8 Å². The Bertz CT molecular complexity index is 789. The Kier molecular flexibility index (Phi) is 3.26. The average Bonchev–Trinajstić information content (AvgIpc) is 2.47. The van der Waals surface area contributed by atoms with Crippen molar-refractivity contribution < 1.29 is 4.74 Å². The van der Waals surface area contributed by atoms with E-state index in [1.165, 1.54) is 0 Å². The highest BCUT2D eigenvalue weighted by Crippen LogP contribution is 2.26. The summed E-state index contributed by atoms with van der Waals surface area (Å²) in [6, 6.07) is 11.3. The van der Waals surface area contributed by atoms with Crippen LogP contribution in [-0.4, -0.2) is 15.0 Å². The lowest BCUT2D eigenvalue weighted by Gasteiger charge is -2.09. The maximum atomic E-state index is 5.81. The van der Waals surface area contributed by atoms with Gasteiger partial charge in [-0.15, -0.1) is 0 Å².